The third-order valence-corrected chi connectivity index (χ3v) is 5.39. The Labute approximate surface area is 159 Å². The van der Waals surface area contributed by atoms with Gasteiger partial charge in [-0.25, -0.2) is 9.78 Å². The molecule has 0 unspecified atom stereocenters. The Morgan fingerprint density at radius 2 is 1.93 bits per heavy atom. The van der Waals surface area contributed by atoms with Gasteiger partial charge in [0, 0.05) is 43.3 Å². The number of hydrogen-bond donors (Lipinski definition) is 1. The molecule has 0 atom stereocenters. The summed E-state index contributed by atoms with van der Waals surface area (Å²) in [5.74, 6) is 3.05. The Morgan fingerprint density at radius 3 is 2.63 bits per heavy atom. The molecule has 2 aliphatic heterocycles. The zero-order valence-corrected chi connectivity index (χ0v) is 15.9. The number of nitrogens with one attached hydrogen (secondary N) is 1. The highest BCUT2D eigenvalue weighted by atomic mass is 16.6. The largest absolute Gasteiger partial charge is 0.486 e. The first-order chi connectivity index (χ1) is 13.1. The minimum absolute atomic E-state index is 0.0554. The van der Waals surface area contributed by atoms with E-state index in [1.807, 2.05) is 36.2 Å². The maximum Gasteiger partial charge on any atom is 0.321 e. The number of likely N-dealkylation sites (tertiary alicyclic amines) is 1. The van der Waals surface area contributed by atoms with E-state index in [4.69, 9.17) is 9.47 Å². The van der Waals surface area contributed by atoms with Crippen molar-refractivity contribution in [3.8, 4) is 11.5 Å². The van der Waals surface area contributed by atoms with Crippen molar-refractivity contribution in [3.05, 3.63) is 35.9 Å². The highest BCUT2D eigenvalue weighted by molar-refractivity contribution is 5.89. The fourth-order valence-electron chi connectivity index (χ4n) is 3.76. The molecule has 7 heteroatoms. The van der Waals surface area contributed by atoms with Crippen LogP contribution in [0.1, 0.15) is 24.4 Å². The van der Waals surface area contributed by atoms with Crippen molar-refractivity contribution in [2.45, 2.75) is 33.2 Å². The Kier molecular flexibility index (Phi) is 4.92. The lowest BCUT2D eigenvalue weighted by atomic mass is 9.97. The van der Waals surface area contributed by atoms with Gasteiger partial charge in [0.2, 0.25) is 0 Å². The van der Waals surface area contributed by atoms with Crippen LogP contribution in [0.15, 0.2) is 24.4 Å². The van der Waals surface area contributed by atoms with Crippen LogP contribution in [-0.2, 0) is 6.54 Å². The van der Waals surface area contributed by atoms with Crippen LogP contribution in [0.4, 0.5) is 10.5 Å². The summed E-state index contributed by atoms with van der Waals surface area (Å²) in [4.78, 5) is 18.9. The summed E-state index contributed by atoms with van der Waals surface area (Å²) in [6, 6.07) is 5.46. The van der Waals surface area contributed by atoms with E-state index in [9.17, 15) is 4.79 Å². The van der Waals surface area contributed by atoms with Crippen LogP contribution in [0.3, 0.4) is 0 Å². The molecule has 0 bridgehead atoms. The molecule has 1 aromatic heterocycles. The predicted molar refractivity (Wildman–Crippen MR) is 102 cm³/mol. The number of carbonyl (C=O) groups is 1. The smallest absolute Gasteiger partial charge is 0.321 e. The van der Waals surface area contributed by atoms with Crippen molar-refractivity contribution in [1.82, 2.24) is 14.5 Å². The molecule has 4 rings (SSSR count). The van der Waals surface area contributed by atoms with Crippen molar-refractivity contribution in [2.75, 3.05) is 31.6 Å². The predicted octanol–water partition coefficient (Wildman–Crippen LogP) is 3.22. The summed E-state index contributed by atoms with van der Waals surface area (Å²) in [7, 11) is 0. The SMILES string of the molecule is Cc1cnc(C)n1CC1CCN(C(=O)Nc2ccc3c(c2)OCCO3)CC1. The highest BCUT2D eigenvalue weighted by Crippen LogP contribution is 2.32. The molecule has 1 aromatic carbocycles. The van der Waals surface area contributed by atoms with E-state index in [1.165, 1.54) is 5.69 Å². The number of amides is 2. The summed E-state index contributed by atoms with van der Waals surface area (Å²) < 4.78 is 13.4. The number of fused-ring (bicyclic) bond motifs is 1. The van der Waals surface area contributed by atoms with Gasteiger partial charge in [-0.3, -0.25) is 0 Å². The number of anilines is 1. The summed E-state index contributed by atoms with van der Waals surface area (Å²) in [6.45, 7) is 7.76. The number of nitrogens with zero attached hydrogens (tertiary/aromatic N) is 3. The molecule has 0 aliphatic carbocycles. The van der Waals surface area contributed by atoms with E-state index in [0.29, 0.717) is 24.9 Å². The molecule has 1 N–H and O–H groups in total. The average molecular weight is 370 g/mol. The number of imidazole rings is 1. The second-order valence-electron chi connectivity index (χ2n) is 7.28. The summed E-state index contributed by atoms with van der Waals surface area (Å²) in [5.41, 5.74) is 1.93. The zero-order valence-electron chi connectivity index (χ0n) is 15.9. The number of benzene rings is 1. The van der Waals surface area contributed by atoms with Gasteiger partial charge in [0.25, 0.3) is 0 Å². The zero-order chi connectivity index (χ0) is 18.8. The summed E-state index contributed by atoms with van der Waals surface area (Å²) >= 11 is 0. The maximum absolute atomic E-state index is 12.6. The van der Waals surface area contributed by atoms with Gasteiger partial charge in [0.1, 0.15) is 19.0 Å². The van der Waals surface area contributed by atoms with Crippen LogP contribution in [0.2, 0.25) is 0 Å². The fraction of sp³-hybridized carbons (Fsp3) is 0.500. The molecular formula is C20H26N4O3. The molecule has 144 valence electrons. The number of urea groups is 1. The van der Waals surface area contributed by atoms with Crippen LogP contribution in [-0.4, -0.2) is 46.8 Å². The molecule has 2 aliphatic rings. The van der Waals surface area contributed by atoms with Gasteiger partial charge in [-0.05, 0) is 44.7 Å². The Morgan fingerprint density at radius 1 is 1.19 bits per heavy atom. The van der Waals surface area contributed by atoms with E-state index >= 15 is 0 Å². The van der Waals surface area contributed by atoms with Crippen molar-refractivity contribution >= 4 is 11.7 Å². The molecular weight excluding hydrogens is 344 g/mol. The normalized spacial score (nSPS) is 17.0. The molecule has 1 saturated heterocycles. The van der Waals surface area contributed by atoms with Gasteiger partial charge in [-0.15, -0.1) is 0 Å². The molecule has 7 nitrogen and oxygen atoms in total. The second-order valence-corrected chi connectivity index (χ2v) is 7.28. The lowest BCUT2D eigenvalue weighted by molar-refractivity contribution is 0.171. The highest BCUT2D eigenvalue weighted by Gasteiger charge is 2.24. The standard InChI is InChI=1S/C20H26N4O3/c1-14-12-21-15(2)24(14)13-16-5-7-23(8-6-16)20(25)22-17-3-4-18-19(11-17)27-10-9-26-18/h3-4,11-12,16H,5-10,13H2,1-2H3,(H,22,25). The first-order valence-corrected chi connectivity index (χ1v) is 9.54. The third kappa shape index (κ3) is 3.86. The van der Waals surface area contributed by atoms with Crippen LogP contribution < -0.4 is 14.8 Å². The average Bonchev–Trinajstić information content (AvgIpc) is 3.00. The second kappa shape index (κ2) is 7.50. The number of piperidine rings is 1. The van der Waals surface area contributed by atoms with Crippen LogP contribution in [0.25, 0.3) is 0 Å². The van der Waals surface area contributed by atoms with E-state index < -0.39 is 0 Å². The number of carbonyl (C=O) groups excluding carboxylic acids is 1. The van der Waals surface area contributed by atoms with Crippen molar-refractivity contribution < 1.29 is 14.3 Å². The minimum Gasteiger partial charge on any atom is -0.486 e. The number of ether oxygens (including phenoxy) is 2. The monoisotopic (exact) mass is 370 g/mol. The molecule has 27 heavy (non-hydrogen) atoms. The summed E-state index contributed by atoms with van der Waals surface area (Å²) in [5, 5.41) is 2.98. The molecule has 2 aromatic rings. The van der Waals surface area contributed by atoms with Crippen LogP contribution in [0, 0.1) is 19.8 Å². The third-order valence-electron chi connectivity index (χ3n) is 5.39. The quantitative estimate of drug-likeness (QED) is 0.901. The van der Waals surface area contributed by atoms with E-state index in [-0.39, 0.29) is 6.03 Å². The van der Waals surface area contributed by atoms with E-state index in [0.717, 1.165) is 49.7 Å². The van der Waals surface area contributed by atoms with E-state index in [2.05, 4.69) is 21.8 Å². The molecule has 2 amide bonds. The van der Waals surface area contributed by atoms with Crippen LogP contribution >= 0.6 is 0 Å². The lowest BCUT2D eigenvalue weighted by Gasteiger charge is -2.32. The Balaban J connectivity index is 1.31. The fourth-order valence-corrected chi connectivity index (χ4v) is 3.76. The molecule has 0 radical (unpaired) electrons. The number of aromatic nitrogens is 2. The Bertz CT molecular complexity index is 805. The number of rotatable bonds is 3. The first-order valence-electron chi connectivity index (χ1n) is 9.54. The molecule has 0 spiro atoms. The molecule has 1 fully saturated rings. The first kappa shape index (κ1) is 17.7. The molecule has 0 saturated carbocycles. The number of hydrogen-bond acceptors (Lipinski definition) is 4. The van der Waals surface area contributed by atoms with Gasteiger partial charge < -0.3 is 24.3 Å². The van der Waals surface area contributed by atoms with Crippen molar-refractivity contribution in [1.29, 1.82) is 0 Å². The Hall–Kier alpha value is -2.70. The van der Waals surface area contributed by atoms with Crippen molar-refractivity contribution in [2.24, 2.45) is 5.92 Å². The lowest BCUT2D eigenvalue weighted by Crippen LogP contribution is -2.41. The van der Waals surface area contributed by atoms with Gasteiger partial charge in [0.15, 0.2) is 11.5 Å². The maximum atomic E-state index is 12.6. The van der Waals surface area contributed by atoms with Gasteiger partial charge in [0.05, 0.1) is 0 Å². The summed E-state index contributed by atoms with van der Waals surface area (Å²) in [6.07, 6.45) is 3.93. The van der Waals surface area contributed by atoms with Crippen molar-refractivity contribution in [3.63, 3.8) is 0 Å². The van der Waals surface area contributed by atoms with Gasteiger partial charge >= 0.3 is 6.03 Å². The van der Waals surface area contributed by atoms with Gasteiger partial charge in [-0.1, -0.05) is 0 Å². The number of aryl methyl sites for hydroxylation is 2. The topological polar surface area (TPSA) is 68.6 Å². The minimum atomic E-state index is -0.0554. The molecule has 3 heterocycles. The van der Waals surface area contributed by atoms with E-state index in [1.54, 1.807) is 0 Å². The van der Waals surface area contributed by atoms with Gasteiger partial charge in [-0.2, -0.15) is 0 Å². The van der Waals surface area contributed by atoms with Crippen LogP contribution in [0.5, 0.6) is 11.5 Å².